The molecule has 1 aliphatic heterocycles. The molecule has 0 saturated heterocycles. The second-order valence-corrected chi connectivity index (χ2v) is 11.1. The molecule has 3 rings (SSSR count). The summed E-state index contributed by atoms with van der Waals surface area (Å²) in [6.45, 7) is 4.15. The van der Waals surface area contributed by atoms with E-state index in [1.807, 2.05) is 19.9 Å². The Hall–Kier alpha value is -2.91. The molecule has 1 amide bonds. The molecular weight excluding hydrogens is 466 g/mol. The van der Waals surface area contributed by atoms with E-state index in [9.17, 15) is 22.8 Å². The zero-order valence-corrected chi connectivity index (χ0v) is 21.0. The normalized spacial score (nSPS) is 18.3. The fourth-order valence-electron chi connectivity index (χ4n) is 4.29. The molecule has 1 aromatic carbocycles. The van der Waals surface area contributed by atoms with Crippen LogP contribution in [0.15, 0.2) is 53.7 Å². The Balaban J connectivity index is 1.81. The van der Waals surface area contributed by atoms with Crippen LogP contribution < -0.4 is 10.0 Å². The Morgan fingerprint density at radius 2 is 1.86 bits per heavy atom. The standard InChI is InChI=1S/C26H33N3O5S/c1-18(2)15-23(29-35(33,34)22-8-4-3-5-9-22)24(30)16-20-10-11-21-17-27-14-12-19(21)7-6-13-28-26(32)25(20)31/h3-5,8-9,12,14,17-18,20,23,29H,6-7,10-11,13,15-16H2,1-2H3,(H,28,32). The minimum absolute atomic E-state index is 0.0342. The van der Waals surface area contributed by atoms with Crippen molar-refractivity contribution < 1.29 is 22.8 Å². The first-order valence-corrected chi connectivity index (χ1v) is 13.5. The van der Waals surface area contributed by atoms with Crippen molar-refractivity contribution in [1.82, 2.24) is 15.0 Å². The van der Waals surface area contributed by atoms with Crippen LogP contribution in [0.1, 0.15) is 50.7 Å². The van der Waals surface area contributed by atoms with Crippen molar-refractivity contribution in [1.29, 1.82) is 0 Å². The van der Waals surface area contributed by atoms with Gasteiger partial charge >= 0.3 is 0 Å². The molecule has 35 heavy (non-hydrogen) atoms. The van der Waals surface area contributed by atoms with Gasteiger partial charge in [-0.3, -0.25) is 19.4 Å². The first-order valence-electron chi connectivity index (χ1n) is 12.0. The third-order valence-electron chi connectivity index (χ3n) is 6.16. The van der Waals surface area contributed by atoms with Crippen LogP contribution in [-0.2, 0) is 37.2 Å². The molecule has 0 spiro atoms. The van der Waals surface area contributed by atoms with E-state index in [-0.39, 0.29) is 23.7 Å². The molecule has 188 valence electrons. The number of ketones is 2. The lowest BCUT2D eigenvalue weighted by Gasteiger charge is -2.22. The van der Waals surface area contributed by atoms with Crippen molar-refractivity contribution in [2.45, 2.75) is 63.3 Å². The first kappa shape index (κ1) is 26.7. The lowest BCUT2D eigenvalue weighted by Crippen LogP contribution is -2.44. The SMILES string of the molecule is CC(C)CC(NS(=O)(=O)c1ccccc1)C(=O)CC1CCc2cnccc2CCCNC(=O)C1=O. The Morgan fingerprint density at radius 3 is 2.57 bits per heavy atom. The zero-order valence-electron chi connectivity index (χ0n) is 20.2. The van der Waals surface area contributed by atoms with E-state index < -0.39 is 39.5 Å². The van der Waals surface area contributed by atoms with E-state index in [1.54, 1.807) is 30.6 Å². The van der Waals surface area contributed by atoms with Gasteiger partial charge in [-0.25, -0.2) is 13.1 Å². The molecule has 2 unspecified atom stereocenters. The van der Waals surface area contributed by atoms with Crippen molar-refractivity contribution in [3.63, 3.8) is 0 Å². The monoisotopic (exact) mass is 499 g/mol. The van der Waals surface area contributed by atoms with Crippen LogP contribution >= 0.6 is 0 Å². The van der Waals surface area contributed by atoms with Gasteiger partial charge in [-0.05, 0) is 67.3 Å². The molecule has 0 aliphatic carbocycles. The first-order chi connectivity index (χ1) is 16.7. The zero-order chi connectivity index (χ0) is 25.4. The molecule has 1 aliphatic rings. The number of sulfonamides is 1. The van der Waals surface area contributed by atoms with Gasteiger partial charge in [0.05, 0.1) is 10.9 Å². The summed E-state index contributed by atoms with van der Waals surface area (Å²) in [5, 5.41) is 2.66. The van der Waals surface area contributed by atoms with Crippen LogP contribution in [-0.4, -0.2) is 43.5 Å². The van der Waals surface area contributed by atoms with Crippen LogP contribution in [0.2, 0.25) is 0 Å². The number of Topliss-reactive ketones (excluding diaryl/α,β-unsaturated/α-hetero) is 2. The molecule has 2 aromatic rings. The second-order valence-electron chi connectivity index (χ2n) is 9.39. The molecule has 9 heteroatoms. The number of hydrogen-bond acceptors (Lipinski definition) is 6. The summed E-state index contributed by atoms with van der Waals surface area (Å²) in [4.78, 5) is 43.0. The van der Waals surface area contributed by atoms with Crippen LogP contribution in [0.3, 0.4) is 0 Å². The van der Waals surface area contributed by atoms with Gasteiger partial charge in [0.25, 0.3) is 5.91 Å². The number of carbonyl (C=O) groups is 3. The van der Waals surface area contributed by atoms with E-state index in [0.29, 0.717) is 25.8 Å². The quantitative estimate of drug-likeness (QED) is 0.539. The minimum atomic E-state index is -3.93. The minimum Gasteiger partial charge on any atom is -0.349 e. The lowest BCUT2D eigenvalue weighted by molar-refractivity contribution is -0.141. The second kappa shape index (κ2) is 12.2. The molecule has 0 saturated carbocycles. The summed E-state index contributed by atoms with van der Waals surface area (Å²) in [7, 11) is -3.93. The maximum absolute atomic E-state index is 13.4. The third kappa shape index (κ3) is 7.53. The number of pyridine rings is 1. The van der Waals surface area contributed by atoms with Gasteiger partial charge in [0, 0.05) is 31.3 Å². The van der Waals surface area contributed by atoms with Crippen molar-refractivity contribution in [2.24, 2.45) is 11.8 Å². The Labute approximate surface area is 207 Å². The summed E-state index contributed by atoms with van der Waals surface area (Å²) in [5.74, 6) is -2.54. The molecule has 2 heterocycles. The van der Waals surface area contributed by atoms with Gasteiger partial charge in [-0.15, -0.1) is 0 Å². The molecular formula is C26H33N3O5S. The van der Waals surface area contributed by atoms with E-state index >= 15 is 0 Å². The number of rotatable bonds is 8. The Morgan fingerprint density at radius 1 is 1.11 bits per heavy atom. The molecule has 0 bridgehead atoms. The van der Waals surface area contributed by atoms with Crippen molar-refractivity contribution in [2.75, 3.05) is 6.54 Å². The highest BCUT2D eigenvalue weighted by Crippen LogP contribution is 2.22. The smallest absolute Gasteiger partial charge is 0.287 e. The maximum Gasteiger partial charge on any atom is 0.287 e. The molecule has 8 nitrogen and oxygen atoms in total. The van der Waals surface area contributed by atoms with Crippen LogP contribution in [0.25, 0.3) is 0 Å². The van der Waals surface area contributed by atoms with E-state index in [2.05, 4.69) is 15.0 Å². The van der Waals surface area contributed by atoms with Gasteiger partial charge in [0.2, 0.25) is 15.8 Å². The fraction of sp³-hybridized carbons (Fsp3) is 0.462. The highest BCUT2D eigenvalue weighted by atomic mass is 32.2. The van der Waals surface area contributed by atoms with Gasteiger partial charge in [0.1, 0.15) is 0 Å². The topological polar surface area (TPSA) is 122 Å². The van der Waals surface area contributed by atoms with Gasteiger partial charge in [0.15, 0.2) is 5.78 Å². The molecule has 1 aromatic heterocycles. The Bertz CT molecular complexity index is 1150. The largest absolute Gasteiger partial charge is 0.349 e. The Kier molecular flexibility index (Phi) is 9.28. The average Bonchev–Trinajstić information content (AvgIpc) is 2.85. The predicted octanol–water partition coefficient (Wildman–Crippen LogP) is 2.61. The summed E-state index contributed by atoms with van der Waals surface area (Å²) >= 11 is 0. The van der Waals surface area contributed by atoms with Crippen molar-refractivity contribution in [3.05, 3.63) is 59.9 Å². The summed E-state index contributed by atoms with van der Waals surface area (Å²) in [6.07, 6.45) is 5.81. The van der Waals surface area contributed by atoms with E-state index in [4.69, 9.17) is 0 Å². The van der Waals surface area contributed by atoms with E-state index in [0.717, 1.165) is 17.5 Å². The van der Waals surface area contributed by atoms with Gasteiger partial charge in [-0.1, -0.05) is 32.0 Å². The number of benzene rings is 1. The summed E-state index contributed by atoms with van der Waals surface area (Å²) < 4.78 is 28.3. The molecule has 2 atom stereocenters. The number of carbonyl (C=O) groups excluding carboxylic acids is 3. The van der Waals surface area contributed by atoms with Crippen molar-refractivity contribution in [3.8, 4) is 0 Å². The molecule has 0 fully saturated rings. The number of amides is 1. The van der Waals surface area contributed by atoms with Crippen LogP contribution in [0.5, 0.6) is 0 Å². The van der Waals surface area contributed by atoms with Crippen molar-refractivity contribution >= 4 is 27.5 Å². The number of aryl methyl sites for hydroxylation is 2. The highest BCUT2D eigenvalue weighted by molar-refractivity contribution is 7.89. The third-order valence-corrected chi connectivity index (χ3v) is 7.65. The molecule has 2 N–H and O–H groups in total. The predicted molar refractivity (Wildman–Crippen MR) is 132 cm³/mol. The molecule has 0 radical (unpaired) electrons. The fourth-order valence-corrected chi connectivity index (χ4v) is 5.54. The summed E-state index contributed by atoms with van der Waals surface area (Å²) in [5.41, 5.74) is 2.11. The van der Waals surface area contributed by atoms with Gasteiger partial charge in [-0.2, -0.15) is 0 Å². The number of nitrogens with zero attached hydrogens (tertiary/aromatic N) is 1. The van der Waals surface area contributed by atoms with Gasteiger partial charge < -0.3 is 5.32 Å². The summed E-state index contributed by atoms with van der Waals surface area (Å²) in [6, 6.07) is 8.80. The van der Waals surface area contributed by atoms with Crippen LogP contribution in [0, 0.1) is 11.8 Å². The number of hydrogen-bond donors (Lipinski definition) is 2. The van der Waals surface area contributed by atoms with E-state index in [1.165, 1.54) is 12.1 Å². The number of nitrogens with one attached hydrogen (secondary N) is 2. The van der Waals surface area contributed by atoms with Crippen LogP contribution in [0.4, 0.5) is 0 Å². The lowest BCUT2D eigenvalue weighted by atomic mass is 9.87. The maximum atomic E-state index is 13.4. The highest BCUT2D eigenvalue weighted by Gasteiger charge is 2.32. The number of aromatic nitrogens is 1. The number of fused-ring (bicyclic) bond motifs is 1. The average molecular weight is 500 g/mol.